The summed E-state index contributed by atoms with van der Waals surface area (Å²) >= 11 is 3.33. The molecule has 0 saturated carbocycles. The molecule has 0 atom stereocenters. The molecule has 0 spiro atoms. The summed E-state index contributed by atoms with van der Waals surface area (Å²) in [5.41, 5.74) is 6.86. The zero-order chi connectivity index (χ0) is 8.55. The number of nitrogens with zero attached hydrogens (tertiary/aromatic N) is 3. The first kappa shape index (κ1) is 7.42. The van der Waals surface area contributed by atoms with Gasteiger partial charge in [0.2, 0.25) is 5.95 Å². The van der Waals surface area contributed by atoms with E-state index in [0.29, 0.717) is 0 Å². The van der Waals surface area contributed by atoms with E-state index in [0.717, 1.165) is 15.5 Å². The molecule has 0 aliphatic carbocycles. The topological polar surface area (TPSA) is 64.7 Å². The fraction of sp³-hybridized carbons (Fsp3) is 0. The molecule has 12 heavy (non-hydrogen) atoms. The van der Waals surface area contributed by atoms with Crippen molar-refractivity contribution in [2.45, 2.75) is 0 Å². The second-order valence-electron chi connectivity index (χ2n) is 2.30. The highest BCUT2D eigenvalue weighted by Crippen LogP contribution is 2.15. The molecule has 0 aliphatic heterocycles. The van der Waals surface area contributed by atoms with Gasteiger partial charge in [-0.2, -0.15) is 0 Å². The number of halogens is 1. The first-order valence-corrected chi connectivity index (χ1v) is 4.10. The summed E-state index contributed by atoms with van der Waals surface area (Å²) in [4.78, 5) is 4.01. The van der Waals surface area contributed by atoms with Gasteiger partial charge in [-0.25, -0.2) is 4.98 Å². The Balaban J connectivity index is 2.80. The minimum atomic E-state index is 0.195. The number of benzene rings is 1. The van der Waals surface area contributed by atoms with Gasteiger partial charge in [-0.3, -0.25) is 0 Å². The molecule has 0 bridgehead atoms. The van der Waals surface area contributed by atoms with E-state index >= 15 is 0 Å². The van der Waals surface area contributed by atoms with Crippen LogP contribution in [0.5, 0.6) is 0 Å². The standard InChI is InChI=1S/C7H5BrN4/c8-4-1-2-5-6(3-4)10-7(9)12-11-5/h1-3H,(H2,9,10,12). The molecule has 0 aliphatic rings. The van der Waals surface area contributed by atoms with Crippen LogP contribution < -0.4 is 5.73 Å². The SMILES string of the molecule is Nc1nnc2ccc(Br)cc2n1. The number of nitrogens with two attached hydrogens (primary N) is 1. The van der Waals surface area contributed by atoms with Crippen molar-refractivity contribution in [1.82, 2.24) is 15.2 Å². The quantitative estimate of drug-likeness (QED) is 0.735. The van der Waals surface area contributed by atoms with Crippen LogP contribution >= 0.6 is 15.9 Å². The molecule has 60 valence electrons. The highest BCUT2D eigenvalue weighted by atomic mass is 79.9. The summed E-state index contributed by atoms with van der Waals surface area (Å²) in [7, 11) is 0. The fourth-order valence-electron chi connectivity index (χ4n) is 0.922. The molecule has 1 aromatic heterocycles. The number of hydrogen-bond donors (Lipinski definition) is 1. The Morgan fingerprint density at radius 1 is 1.17 bits per heavy atom. The third kappa shape index (κ3) is 1.23. The van der Waals surface area contributed by atoms with Gasteiger partial charge in [0.05, 0.1) is 5.52 Å². The third-order valence-electron chi connectivity index (χ3n) is 1.43. The van der Waals surface area contributed by atoms with Gasteiger partial charge in [-0.05, 0) is 18.2 Å². The Kier molecular flexibility index (Phi) is 1.65. The lowest BCUT2D eigenvalue weighted by atomic mass is 10.3. The number of anilines is 1. The summed E-state index contributed by atoms with van der Waals surface area (Å²) in [6.45, 7) is 0. The fourth-order valence-corrected chi connectivity index (χ4v) is 1.27. The Bertz CT molecular complexity index is 392. The highest BCUT2D eigenvalue weighted by Gasteiger charge is 1.97. The summed E-state index contributed by atoms with van der Waals surface area (Å²) in [5, 5.41) is 7.50. The van der Waals surface area contributed by atoms with Gasteiger partial charge < -0.3 is 5.73 Å². The average molecular weight is 225 g/mol. The summed E-state index contributed by atoms with van der Waals surface area (Å²) in [6.07, 6.45) is 0. The minimum absolute atomic E-state index is 0.195. The maximum Gasteiger partial charge on any atom is 0.240 e. The summed E-state index contributed by atoms with van der Waals surface area (Å²) in [5.74, 6) is 0.195. The molecule has 5 heteroatoms. The molecule has 2 rings (SSSR count). The third-order valence-corrected chi connectivity index (χ3v) is 1.93. The van der Waals surface area contributed by atoms with Crippen molar-refractivity contribution < 1.29 is 0 Å². The molecule has 0 saturated heterocycles. The monoisotopic (exact) mass is 224 g/mol. The Morgan fingerprint density at radius 2 is 2.00 bits per heavy atom. The van der Waals surface area contributed by atoms with E-state index < -0.39 is 0 Å². The van der Waals surface area contributed by atoms with Crippen LogP contribution in [0.15, 0.2) is 22.7 Å². The maximum atomic E-state index is 5.37. The summed E-state index contributed by atoms with van der Waals surface area (Å²) in [6, 6.07) is 5.56. The molecule has 2 aromatic rings. The zero-order valence-corrected chi connectivity index (χ0v) is 7.62. The normalized spacial score (nSPS) is 10.4. The van der Waals surface area contributed by atoms with Crippen molar-refractivity contribution in [3.8, 4) is 0 Å². The molecule has 4 nitrogen and oxygen atoms in total. The van der Waals surface area contributed by atoms with Crippen molar-refractivity contribution in [3.63, 3.8) is 0 Å². The van der Waals surface area contributed by atoms with Crippen LogP contribution in [0.1, 0.15) is 0 Å². The molecule has 0 unspecified atom stereocenters. The number of aromatic nitrogens is 3. The van der Waals surface area contributed by atoms with Crippen molar-refractivity contribution in [1.29, 1.82) is 0 Å². The minimum Gasteiger partial charge on any atom is -0.366 e. The number of nitrogen functional groups attached to an aromatic ring is 1. The van der Waals surface area contributed by atoms with Gasteiger partial charge in [-0.1, -0.05) is 15.9 Å². The van der Waals surface area contributed by atoms with Gasteiger partial charge in [0.25, 0.3) is 0 Å². The van der Waals surface area contributed by atoms with Gasteiger partial charge in [0.1, 0.15) is 5.52 Å². The van der Waals surface area contributed by atoms with E-state index in [9.17, 15) is 0 Å². The zero-order valence-electron chi connectivity index (χ0n) is 6.03. The number of fused-ring (bicyclic) bond motifs is 1. The van der Waals surface area contributed by atoms with Crippen LogP contribution in [0.25, 0.3) is 11.0 Å². The molecular weight excluding hydrogens is 220 g/mol. The van der Waals surface area contributed by atoms with Gasteiger partial charge >= 0.3 is 0 Å². The van der Waals surface area contributed by atoms with Crippen LogP contribution in [0.2, 0.25) is 0 Å². The smallest absolute Gasteiger partial charge is 0.240 e. The van der Waals surface area contributed by atoms with Crippen molar-refractivity contribution in [2.24, 2.45) is 0 Å². The van der Waals surface area contributed by atoms with E-state index in [1.165, 1.54) is 0 Å². The lowest BCUT2D eigenvalue weighted by Crippen LogP contribution is -1.97. The highest BCUT2D eigenvalue weighted by molar-refractivity contribution is 9.10. The van der Waals surface area contributed by atoms with E-state index in [-0.39, 0.29) is 5.95 Å². The van der Waals surface area contributed by atoms with E-state index in [1.54, 1.807) is 0 Å². The van der Waals surface area contributed by atoms with Gasteiger partial charge in [-0.15, -0.1) is 10.2 Å². The first-order valence-electron chi connectivity index (χ1n) is 3.31. The van der Waals surface area contributed by atoms with Crippen LogP contribution in [0.4, 0.5) is 5.95 Å². The largest absolute Gasteiger partial charge is 0.366 e. The Labute approximate surface area is 76.9 Å². The number of hydrogen-bond acceptors (Lipinski definition) is 4. The second-order valence-corrected chi connectivity index (χ2v) is 3.22. The molecule has 1 heterocycles. The van der Waals surface area contributed by atoms with Crippen LogP contribution in [0.3, 0.4) is 0 Å². The second kappa shape index (κ2) is 2.67. The first-order chi connectivity index (χ1) is 5.75. The molecule has 0 fully saturated rings. The van der Waals surface area contributed by atoms with Crippen LogP contribution in [-0.2, 0) is 0 Å². The lowest BCUT2D eigenvalue weighted by molar-refractivity contribution is 1.04. The number of rotatable bonds is 0. The predicted molar refractivity (Wildman–Crippen MR) is 49.4 cm³/mol. The Hall–Kier alpha value is -1.23. The van der Waals surface area contributed by atoms with E-state index in [2.05, 4.69) is 31.1 Å². The van der Waals surface area contributed by atoms with E-state index in [1.807, 2.05) is 18.2 Å². The van der Waals surface area contributed by atoms with E-state index in [4.69, 9.17) is 5.73 Å². The lowest BCUT2D eigenvalue weighted by Gasteiger charge is -1.95. The molecule has 0 radical (unpaired) electrons. The Morgan fingerprint density at radius 3 is 2.83 bits per heavy atom. The average Bonchev–Trinajstić information content (AvgIpc) is 2.03. The molecular formula is C7H5BrN4. The van der Waals surface area contributed by atoms with Crippen molar-refractivity contribution in [2.75, 3.05) is 5.73 Å². The molecule has 1 aromatic carbocycles. The van der Waals surface area contributed by atoms with Crippen LogP contribution in [0, 0.1) is 0 Å². The molecule has 2 N–H and O–H groups in total. The summed E-state index contributed by atoms with van der Waals surface area (Å²) < 4.78 is 0.954. The van der Waals surface area contributed by atoms with Crippen LogP contribution in [-0.4, -0.2) is 15.2 Å². The van der Waals surface area contributed by atoms with Crippen molar-refractivity contribution >= 4 is 32.9 Å². The van der Waals surface area contributed by atoms with Gasteiger partial charge in [0.15, 0.2) is 0 Å². The molecule has 0 amide bonds. The maximum absolute atomic E-state index is 5.37. The van der Waals surface area contributed by atoms with Gasteiger partial charge in [0, 0.05) is 4.47 Å². The van der Waals surface area contributed by atoms with Crippen molar-refractivity contribution in [3.05, 3.63) is 22.7 Å². The predicted octanol–water partition coefficient (Wildman–Crippen LogP) is 1.37.